The zero-order chi connectivity index (χ0) is 18.0. The van der Waals surface area contributed by atoms with Crippen LogP contribution in [0.1, 0.15) is 50.7 Å². The van der Waals surface area contributed by atoms with E-state index in [-0.39, 0.29) is 35.0 Å². The number of halogens is 1. The highest BCUT2D eigenvalue weighted by molar-refractivity contribution is 5.83. The summed E-state index contributed by atoms with van der Waals surface area (Å²) in [7, 11) is 0. The van der Waals surface area contributed by atoms with E-state index >= 15 is 0 Å². The van der Waals surface area contributed by atoms with Crippen LogP contribution in [0.15, 0.2) is 54.6 Å². The quantitative estimate of drug-likeness (QED) is 0.804. The average Bonchev–Trinajstić information content (AvgIpc) is 3.36. The molecule has 1 amide bonds. The minimum Gasteiger partial charge on any atom is -0.353 e. The van der Waals surface area contributed by atoms with Crippen molar-refractivity contribution in [2.24, 2.45) is 5.92 Å². The van der Waals surface area contributed by atoms with Crippen LogP contribution in [-0.2, 0) is 10.2 Å². The van der Waals surface area contributed by atoms with Crippen LogP contribution in [0.25, 0.3) is 0 Å². The van der Waals surface area contributed by atoms with Crippen LogP contribution in [-0.4, -0.2) is 11.9 Å². The van der Waals surface area contributed by atoms with E-state index in [0.29, 0.717) is 5.56 Å². The molecule has 0 aromatic heterocycles. The largest absolute Gasteiger partial charge is 0.353 e. The maximum Gasteiger partial charge on any atom is 0.223 e. The van der Waals surface area contributed by atoms with Crippen molar-refractivity contribution in [2.75, 3.05) is 0 Å². The summed E-state index contributed by atoms with van der Waals surface area (Å²) in [6, 6.07) is 17.2. The number of rotatable bonds is 6. The molecule has 0 radical (unpaired) electrons. The number of carbonyl (C=O) groups is 1. The summed E-state index contributed by atoms with van der Waals surface area (Å²) in [5.41, 5.74) is 1.93. The first-order valence-corrected chi connectivity index (χ1v) is 8.99. The van der Waals surface area contributed by atoms with Gasteiger partial charge in [0.2, 0.25) is 5.91 Å². The molecule has 25 heavy (non-hydrogen) atoms. The molecule has 1 fully saturated rings. The first-order valence-electron chi connectivity index (χ1n) is 8.99. The molecule has 0 bridgehead atoms. The Morgan fingerprint density at radius 3 is 2.48 bits per heavy atom. The van der Waals surface area contributed by atoms with Crippen molar-refractivity contribution in [3.05, 3.63) is 71.5 Å². The second-order valence-electron chi connectivity index (χ2n) is 7.83. The second kappa shape index (κ2) is 6.99. The second-order valence-corrected chi connectivity index (χ2v) is 7.83. The summed E-state index contributed by atoms with van der Waals surface area (Å²) in [6.07, 6.45) is 1.60. The Balaban J connectivity index is 1.56. The third-order valence-corrected chi connectivity index (χ3v) is 5.19. The van der Waals surface area contributed by atoms with E-state index in [1.165, 1.54) is 11.6 Å². The third kappa shape index (κ3) is 4.09. The van der Waals surface area contributed by atoms with Gasteiger partial charge in [0, 0.05) is 12.0 Å². The van der Waals surface area contributed by atoms with Gasteiger partial charge in [-0.15, -0.1) is 0 Å². The molecule has 1 saturated carbocycles. The van der Waals surface area contributed by atoms with Crippen molar-refractivity contribution < 1.29 is 9.18 Å². The summed E-state index contributed by atoms with van der Waals surface area (Å²) >= 11 is 0. The SMILES string of the molecule is CC(CC(C)(C)c1ccccc1)NC(=O)C1CC1c1ccccc1F. The Bertz CT molecular complexity index is 741. The molecule has 3 unspecified atom stereocenters. The fraction of sp³-hybridized carbons (Fsp3) is 0.409. The molecule has 0 heterocycles. The normalized spacial score (nSPS) is 20.8. The van der Waals surface area contributed by atoms with Gasteiger partial charge in [-0.1, -0.05) is 62.4 Å². The maximum absolute atomic E-state index is 13.9. The summed E-state index contributed by atoms with van der Waals surface area (Å²) in [5, 5.41) is 3.13. The molecule has 1 aliphatic carbocycles. The number of hydrogen-bond donors (Lipinski definition) is 1. The Morgan fingerprint density at radius 1 is 1.16 bits per heavy atom. The van der Waals surface area contributed by atoms with Gasteiger partial charge in [-0.05, 0) is 48.3 Å². The van der Waals surface area contributed by atoms with Crippen LogP contribution in [0.4, 0.5) is 4.39 Å². The summed E-state index contributed by atoms with van der Waals surface area (Å²) in [5.74, 6) is -0.236. The van der Waals surface area contributed by atoms with E-state index in [4.69, 9.17) is 0 Å². The van der Waals surface area contributed by atoms with Gasteiger partial charge in [-0.25, -0.2) is 4.39 Å². The smallest absolute Gasteiger partial charge is 0.223 e. The van der Waals surface area contributed by atoms with Gasteiger partial charge in [-0.3, -0.25) is 4.79 Å². The van der Waals surface area contributed by atoms with Crippen LogP contribution >= 0.6 is 0 Å². The summed E-state index contributed by atoms with van der Waals surface area (Å²) in [6.45, 7) is 6.44. The minimum atomic E-state index is -0.207. The lowest BCUT2D eigenvalue weighted by molar-refractivity contribution is -0.123. The van der Waals surface area contributed by atoms with Gasteiger partial charge < -0.3 is 5.32 Å². The van der Waals surface area contributed by atoms with E-state index in [1.807, 2.05) is 31.2 Å². The van der Waals surface area contributed by atoms with E-state index in [2.05, 4.69) is 31.3 Å². The molecule has 1 N–H and O–H groups in total. The van der Waals surface area contributed by atoms with Crippen molar-refractivity contribution >= 4 is 5.91 Å². The lowest BCUT2D eigenvalue weighted by atomic mass is 9.79. The van der Waals surface area contributed by atoms with Gasteiger partial charge in [0.05, 0.1) is 0 Å². The van der Waals surface area contributed by atoms with Crippen LogP contribution in [0.3, 0.4) is 0 Å². The molecule has 0 saturated heterocycles. The highest BCUT2D eigenvalue weighted by Crippen LogP contribution is 2.48. The van der Waals surface area contributed by atoms with Crippen LogP contribution < -0.4 is 5.32 Å². The van der Waals surface area contributed by atoms with E-state index < -0.39 is 0 Å². The van der Waals surface area contributed by atoms with Gasteiger partial charge in [0.15, 0.2) is 0 Å². The molecule has 0 spiro atoms. The molecule has 1 aliphatic rings. The van der Waals surface area contributed by atoms with Gasteiger partial charge in [0.1, 0.15) is 5.82 Å². The van der Waals surface area contributed by atoms with Gasteiger partial charge in [-0.2, -0.15) is 0 Å². The predicted molar refractivity (Wildman–Crippen MR) is 98.9 cm³/mol. The van der Waals surface area contributed by atoms with Crippen molar-refractivity contribution in [3.63, 3.8) is 0 Å². The fourth-order valence-corrected chi connectivity index (χ4v) is 3.78. The maximum atomic E-state index is 13.9. The molecule has 3 rings (SSSR count). The summed E-state index contributed by atoms with van der Waals surface area (Å²) in [4.78, 5) is 12.5. The molecule has 132 valence electrons. The number of amides is 1. The van der Waals surface area contributed by atoms with E-state index in [9.17, 15) is 9.18 Å². The molecular formula is C22H26FNO. The molecular weight excluding hydrogens is 313 g/mol. The topological polar surface area (TPSA) is 29.1 Å². The van der Waals surface area contributed by atoms with Crippen LogP contribution in [0, 0.1) is 11.7 Å². The Morgan fingerprint density at radius 2 is 1.80 bits per heavy atom. The minimum absolute atomic E-state index is 0.0115. The Labute approximate surface area is 149 Å². The van der Waals surface area contributed by atoms with Crippen LogP contribution in [0.2, 0.25) is 0 Å². The lowest BCUT2D eigenvalue weighted by Gasteiger charge is -2.29. The van der Waals surface area contributed by atoms with Gasteiger partial charge >= 0.3 is 0 Å². The van der Waals surface area contributed by atoms with Crippen LogP contribution in [0.5, 0.6) is 0 Å². The van der Waals surface area contributed by atoms with Crippen molar-refractivity contribution in [2.45, 2.75) is 51.0 Å². The van der Waals surface area contributed by atoms with E-state index in [1.54, 1.807) is 12.1 Å². The highest BCUT2D eigenvalue weighted by Gasteiger charge is 2.45. The first-order chi connectivity index (χ1) is 11.9. The molecule has 3 heteroatoms. The Kier molecular flexibility index (Phi) is 4.94. The van der Waals surface area contributed by atoms with Crippen molar-refractivity contribution in [1.82, 2.24) is 5.32 Å². The van der Waals surface area contributed by atoms with Gasteiger partial charge in [0.25, 0.3) is 0 Å². The zero-order valence-corrected chi connectivity index (χ0v) is 15.1. The monoisotopic (exact) mass is 339 g/mol. The molecule has 2 nitrogen and oxygen atoms in total. The molecule has 2 aromatic rings. The fourth-order valence-electron chi connectivity index (χ4n) is 3.78. The zero-order valence-electron chi connectivity index (χ0n) is 15.1. The predicted octanol–water partition coefficient (Wildman–Crippen LogP) is 4.80. The Hall–Kier alpha value is -2.16. The lowest BCUT2D eigenvalue weighted by Crippen LogP contribution is -2.38. The summed E-state index contributed by atoms with van der Waals surface area (Å²) < 4.78 is 13.9. The number of hydrogen-bond acceptors (Lipinski definition) is 1. The molecule has 0 aliphatic heterocycles. The number of carbonyl (C=O) groups excluding carboxylic acids is 1. The highest BCUT2D eigenvalue weighted by atomic mass is 19.1. The number of nitrogens with one attached hydrogen (secondary N) is 1. The standard InChI is InChI=1S/C22H26FNO/c1-15(14-22(2,3)16-9-5-4-6-10-16)24-21(25)19-13-18(19)17-11-7-8-12-20(17)23/h4-12,15,18-19H,13-14H2,1-3H3,(H,24,25). The first kappa shape index (κ1) is 17.7. The van der Waals surface area contributed by atoms with Crippen molar-refractivity contribution in [3.8, 4) is 0 Å². The molecule has 2 aromatic carbocycles. The number of benzene rings is 2. The molecule has 3 atom stereocenters. The van der Waals surface area contributed by atoms with E-state index in [0.717, 1.165) is 12.8 Å². The van der Waals surface area contributed by atoms with Crippen molar-refractivity contribution in [1.29, 1.82) is 0 Å². The average molecular weight is 339 g/mol. The third-order valence-electron chi connectivity index (χ3n) is 5.19.